The third-order valence-corrected chi connectivity index (χ3v) is 2.02. The number of hydrogen-bond donors (Lipinski definition) is 0. The maximum atomic E-state index is 12.8. The van der Waals surface area contributed by atoms with Crippen LogP contribution in [0.5, 0.6) is 0 Å². The Morgan fingerprint density at radius 2 is 1.56 bits per heavy atom. The van der Waals surface area contributed by atoms with Crippen LogP contribution in [-0.4, -0.2) is 6.21 Å². The lowest BCUT2D eigenvalue weighted by atomic mass is 10.2. The fraction of sp³-hybridized carbons (Fsp3) is 0. The van der Waals surface area contributed by atoms with Crippen molar-refractivity contribution in [1.82, 2.24) is 0 Å². The molecule has 0 bridgehead atoms. The first-order chi connectivity index (χ1) is 7.74. The Kier molecular flexibility index (Phi) is 3.05. The molecule has 16 heavy (non-hydrogen) atoms. The van der Waals surface area contributed by atoms with Crippen LogP contribution in [-0.2, 0) is 0 Å². The first kappa shape index (κ1) is 10.5. The zero-order chi connectivity index (χ0) is 11.4. The van der Waals surface area contributed by atoms with Gasteiger partial charge in [-0.15, -0.1) is 0 Å². The lowest BCUT2D eigenvalue weighted by molar-refractivity contribution is 0.627. The minimum absolute atomic E-state index is 0.316. The lowest BCUT2D eigenvalue weighted by Gasteiger charge is -1.94. The molecule has 0 saturated heterocycles. The molecule has 0 atom stereocenters. The fourth-order valence-corrected chi connectivity index (χ4v) is 1.29. The van der Waals surface area contributed by atoms with Crippen molar-refractivity contribution < 1.29 is 8.78 Å². The molecular formula is C13H9F2N. The Morgan fingerprint density at radius 1 is 0.875 bits per heavy atom. The Hall–Kier alpha value is -2.03. The molecule has 3 heteroatoms. The Labute approximate surface area is 92.1 Å². The highest BCUT2D eigenvalue weighted by Gasteiger charge is 1.93. The summed E-state index contributed by atoms with van der Waals surface area (Å²) in [7, 11) is 0. The highest BCUT2D eigenvalue weighted by Crippen LogP contribution is 2.13. The van der Waals surface area contributed by atoms with Crippen LogP contribution in [0.1, 0.15) is 5.56 Å². The third kappa shape index (κ3) is 2.73. The van der Waals surface area contributed by atoms with Gasteiger partial charge in [-0.2, -0.15) is 0 Å². The van der Waals surface area contributed by atoms with Crippen LogP contribution < -0.4 is 0 Å². The summed E-state index contributed by atoms with van der Waals surface area (Å²) in [6, 6.07) is 12.0. The van der Waals surface area contributed by atoms with E-state index in [0.717, 1.165) is 0 Å². The monoisotopic (exact) mass is 217 g/mol. The first-order valence-electron chi connectivity index (χ1n) is 4.79. The summed E-state index contributed by atoms with van der Waals surface area (Å²) in [4.78, 5) is 4.05. The average molecular weight is 217 g/mol. The van der Waals surface area contributed by atoms with E-state index in [4.69, 9.17) is 0 Å². The molecule has 0 aromatic heterocycles. The molecule has 2 aromatic rings. The molecule has 0 N–H and O–H groups in total. The Bertz CT molecular complexity index is 473. The second-order valence-corrected chi connectivity index (χ2v) is 3.29. The van der Waals surface area contributed by atoms with Crippen molar-refractivity contribution in [2.75, 3.05) is 0 Å². The second kappa shape index (κ2) is 4.66. The number of rotatable bonds is 2. The van der Waals surface area contributed by atoms with Crippen molar-refractivity contribution in [3.8, 4) is 0 Å². The number of hydrogen-bond acceptors (Lipinski definition) is 1. The molecule has 0 amide bonds. The van der Waals surface area contributed by atoms with E-state index >= 15 is 0 Å². The van der Waals surface area contributed by atoms with E-state index in [9.17, 15) is 8.78 Å². The zero-order valence-corrected chi connectivity index (χ0v) is 8.40. The SMILES string of the molecule is Fc1cccc(/C=N/c2cccc(F)c2)c1. The van der Waals surface area contributed by atoms with E-state index in [2.05, 4.69) is 4.99 Å². The minimum atomic E-state index is -0.339. The van der Waals surface area contributed by atoms with E-state index in [1.165, 1.54) is 30.5 Å². The van der Waals surface area contributed by atoms with Crippen molar-refractivity contribution in [2.45, 2.75) is 0 Å². The topological polar surface area (TPSA) is 12.4 Å². The third-order valence-electron chi connectivity index (χ3n) is 2.02. The molecule has 2 rings (SSSR count). The van der Waals surface area contributed by atoms with E-state index in [1.807, 2.05) is 0 Å². The van der Waals surface area contributed by atoms with E-state index in [-0.39, 0.29) is 11.6 Å². The van der Waals surface area contributed by atoms with Crippen LogP contribution in [0, 0.1) is 11.6 Å². The van der Waals surface area contributed by atoms with Gasteiger partial charge in [-0.3, -0.25) is 4.99 Å². The van der Waals surface area contributed by atoms with Gasteiger partial charge in [0.25, 0.3) is 0 Å². The molecule has 0 heterocycles. The van der Waals surface area contributed by atoms with Gasteiger partial charge >= 0.3 is 0 Å². The van der Waals surface area contributed by atoms with Gasteiger partial charge in [-0.05, 0) is 35.9 Å². The van der Waals surface area contributed by atoms with Gasteiger partial charge in [0.05, 0.1) is 5.69 Å². The maximum Gasteiger partial charge on any atom is 0.125 e. The number of aliphatic imine (C=N–C) groups is 1. The molecule has 0 unspecified atom stereocenters. The average Bonchev–Trinajstić information content (AvgIpc) is 2.27. The van der Waals surface area contributed by atoms with Crippen molar-refractivity contribution >= 4 is 11.9 Å². The van der Waals surface area contributed by atoms with Crippen molar-refractivity contribution in [1.29, 1.82) is 0 Å². The Morgan fingerprint density at radius 3 is 2.25 bits per heavy atom. The van der Waals surface area contributed by atoms with Crippen LogP contribution in [0.25, 0.3) is 0 Å². The largest absolute Gasteiger partial charge is 0.256 e. The lowest BCUT2D eigenvalue weighted by Crippen LogP contribution is -1.82. The molecule has 1 nitrogen and oxygen atoms in total. The van der Waals surface area contributed by atoms with Gasteiger partial charge < -0.3 is 0 Å². The van der Waals surface area contributed by atoms with E-state index in [0.29, 0.717) is 11.3 Å². The van der Waals surface area contributed by atoms with Crippen molar-refractivity contribution in [2.24, 2.45) is 4.99 Å². The summed E-state index contributed by atoms with van der Waals surface area (Å²) in [5.41, 5.74) is 1.15. The van der Waals surface area contributed by atoms with Crippen LogP contribution in [0.3, 0.4) is 0 Å². The second-order valence-electron chi connectivity index (χ2n) is 3.29. The normalized spacial score (nSPS) is 10.9. The predicted octanol–water partition coefficient (Wildman–Crippen LogP) is 3.72. The van der Waals surface area contributed by atoms with E-state index < -0.39 is 0 Å². The van der Waals surface area contributed by atoms with Crippen LogP contribution in [0.2, 0.25) is 0 Å². The number of nitrogens with zero attached hydrogens (tertiary/aromatic N) is 1. The van der Waals surface area contributed by atoms with Gasteiger partial charge in [0.1, 0.15) is 11.6 Å². The first-order valence-corrected chi connectivity index (χ1v) is 4.79. The van der Waals surface area contributed by atoms with Crippen LogP contribution in [0.4, 0.5) is 14.5 Å². The summed E-state index contributed by atoms with van der Waals surface area (Å²) in [6.45, 7) is 0. The number of benzene rings is 2. The van der Waals surface area contributed by atoms with Crippen LogP contribution >= 0.6 is 0 Å². The van der Waals surface area contributed by atoms with Crippen LogP contribution in [0.15, 0.2) is 53.5 Å². The summed E-state index contributed by atoms with van der Waals surface area (Å²) in [6.07, 6.45) is 1.50. The van der Waals surface area contributed by atoms with Gasteiger partial charge in [-0.25, -0.2) is 8.78 Å². The molecule has 0 aliphatic carbocycles. The van der Waals surface area contributed by atoms with Gasteiger partial charge in [-0.1, -0.05) is 18.2 Å². The zero-order valence-electron chi connectivity index (χ0n) is 8.40. The molecule has 0 saturated carbocycles. The minimum Gasteiger partial charge on any atom is -0.256 e. The van der Waals surface area contributed by atoms with Crippen molar-refractivity contribution in [3.05, 3.63) is 65.7 Å². The van der Waals surface area contributed by atoms with Crippen molar-refractivity contribution in [3.63, 3.8) is 0 Å². The Balaban J connectivity index is 2.21. The molecule has 2 aromatic carbocycles. The molecule has 0 aliphatic rings. The fourth-order valence-electron chi connectivity index (χ4n) is 1.29. The maximum absolute atomic E-state index is 12.8. The highest BCUT2D eigenvalue weighted by molar-refractivity contribution is 5.81. The molecule has 0 fully saturated rings. The standard InChI is InChI=1S/C13H9F2N/c14-11-4-1-3-10(7-11)9-16-13-6-2-5-12(15)8-13/h1-9H/b16-9+. The van der Waals surface area contributed by atoms with Gasteiger partial charge in [0.2, 0.25) is 0 Å². The summed E-state index contributed by atoms with van der Waals surface area (Å²) in [5.74, 6) is -0.655. The quantitative estimate of drug-likeness (QED) is 0.680. The molecule has 0 radical (unpaired) electrons. The summed E-state index contributed by atoms with van der Waals surface area (Å²) >= 11 is 0. The van der Waals surface area contributed by atoms with Gasteiger partial charge in [0.15, 0.2) is 0 Å². The molecule has 0 spiro atoms. The smallest absolute Gasteiger partial charge is 0.125 e. The van der Waals surface area contributed by atoms with Gasteiger partial charge in [0, 0.05) is 6.21 Å². The predicted molar refractivity (Wildman–Crippen MR) is 60.1 cm³/mol. The molecular weight excluding hydrogens is 208 g/mol. The highest BCUT2D eigenvalue weighted by atomic mass is 19.1. The summed E-state index contributed by atoms with van der Waals surface area (Å²) < 4.78 is 25.7. The van der Waals surface area contributed by atoms with E-state index in [1.54, 1.807) is 24.3 Å². The summed E-state index contributed by atoms with van der Waals surface area (Å²) in [5, 5.41) is 0. The molecule has 0 aliphatic heterocycles. The molecule has 80 valence electrons. The number of halogens is 2.